The van der Waals surface area contributed by atoms with Crippen LogP contribution in [0.3, 0.4) is 0 Å². The molecule has 0 spiro atoms. The van der Waals surface area contributed by atoms with E-state index in [1.165, 1.54) is 0 Å². The van der Waals surface area contributed by atoms with Gasteiger partial charge in [-0.1, -0.05) is 65.7 Å². The molecule has 2 aliphatic rings. The average molecular weight is 455 g/mol. The Morgan fingerprint density at radius 1 is 1.18 bits per heavy atom. The van der Waals surface area contributed by atoms with Gasteiger partial charge < -0.3 is 15.5 Å². The zero-order chi connectivity index (χ0) is 24.4. The number of aliphatic imine (C=N–C) groups is 1. The molecule has 7 nitrogen and oxygen atoms in total. The van der Waals surface area contributed by atoms with E-state index in [-0.39, 0.29) is 23.1 Å². The van der Waals surface area contributed by atoms with Crippen molar-refractivity contribution in [1.82, 2.24) is 10.6 Å². The molecule has 0 bridgehead atoms. The molecule has 3 amide bonds. The summed E-state index contributed by atoms with van der Waals surface area (Å²) in [7, 11) is 1.71. The highest BCUT2D eigenvalue weighted by molar-refractivity contribution is 6.15. The van der Waals surface area contributed by atoms with Crippen LogP contribution in [0.4, 0.5) is 5.69 Å². The molecule has 2 N–H and O–H groups in total. The molecule has 7 heteroatoms. The number of carbonyl (C=O) groups excluding carboxylic acids is 3. The molecule has 1 aliphatic heterocycles. The number of likely N-dealkylation sites (N-methyl/N-ethyl adjacent to an activating group) is 1. The Morgan fingerprint density at radius 3 is 2.42 bits per heavy atom. The van der Waals surface area contributed by atoms with E-state index in [1.54, 1.807) is 11.9 Å². The van der Waals surface area contributed by atoms with Crippen LogP contribution in [0.25, 0.3) is 0 Å². The number of rotatable bonds is 6. The van der Waals surface area contributed by atoms with Gasteiger partial charge in [0.15, 0.2) is 0 Å². The lowest BCUT2D eigenvalue weighted by Gasteiger charge is -2.31. The summed E-state index contributed by atoms with van der Waals surface area (Å²) in [6, 6.07) is 7.67. The molecule has 0 saturated heterocycles. The fourth-order valence-corrected chi connectivity index (χ4v) is 4.61. The largest absolute Gasteiger partial charge is 0.342 e. The van der Waals surface area contributed by atoms with Gasteiger partial charge >= 0.3 is 0 Å². The van der Waals surface area contributed by atoms with E-state index < -0.39 is 11.7 Å². The molecule has 1 aromatic rings. The van der Waals surface area contributed by atoms with Crippen molar-refractivity contribution in [2.45, 2.75) is 84.8 Å². The number of hydrogen-bond acceptors (Lipinski definition) is 4. The minimum absolute atomic E-state index is 0.114. The zero-order valence-corrected chi connectivity index (χ0v) is 20.8. The van der Waals surface area contributed by atoms with Gasteiger partial charge in [0, 0.05) is 24.4 Å². The number of hydrogen-bond donors (Lipinski definition) is 2. The molecule has 3 rings (SSSR count). The van der Waals surface area contributed by atoms with Crippen molar-refractivity contribution in [1.29, 1.82) is 0 Å². The monoisotopic (exact) mass is 454 g/mol. The fraction of sp³-hybridized carbons (Fsp3) is 0.615. The van der Waals surface area contributed by atoms with Crippen LogP contribution < -0.4 is 15.5 Å². The van der Waals surface area contributed by atoms with Crippen LogP contribution in [0.15, 0.2) is 29.3 Å². The first kappa shape index (κ1) is 24.9. The van der Waals surface area contributed by atoms with Crippen molar-refractivity contribution >= 4 is 29.1 Å². The summed E-state index contributed by atoms with van der Waals surface area (Å²) in [5.74, 6) is -0.326. The Hall–Kier alpha value is -2.70. The number of benzodiazepines with no additional fused rings is 1. The summed E-state index contributed by atoms with van der Waals surface area (Å²) in [5.41, 5.74) is 1.10. The summed E-state index contributed by atoms with van der Waals surface area (Å²) >= 11 is 0. The first-order valence-electron chi connectivity index (χ1n) is 12.0. The van der Waals surface area contributed by atoms with Gasteiger partial charge in [0.25, 0.3) is 5.91 Å². The van der Waals surface area contributed by atoms with Crippen molar-refractivity contribution in [3.63, 3.8) is 0 Å². The van der Waals surface area contributed by atoms with E-state index in [4.69, 9.17) is 4.99 Å². The number of fused-ring (bicyclic) bond motifs is 1. The summed E-state index contributed by atoms with van der Waals surface area (Å²) in [6.07, 6.45) is 2.97. The predicted molar refractivity (Wildman–Crippen MR) is 131 cm³/mol. The zero-order valence-electron chi connectivity index (χ0n) is 20.8. The van der Waals surface area contributed by atoms with Crippen LogP contribution in [-0.2, 0) is 14.4 Å². The van der Waals surface area contributed by atoms with E-state index in [0.717, 1.165) is 36.2 Å². The minimum atomic E-state index is -1.05. The Morgan fingerprint density at radius 2 is 1.82 bits per heavy atom. The van der Waals surface area contributed by atoms with E-state index >= 15 is 0 Å². The van der Waals surface area contributed by atoms with Gasteiger partial charge in [0.2, 0.25) is 18.0 Å². The maximum absolute atomic E-state index is 13.5. The van der Waals surface area contributed by atoms with Gasteiger partial charge in [-0.25, -0.2) is 0 Å². The van der Waals surface area contributed by atoms with Gasteiger partial charge in [-0.2, -0.15) is 0 Å². The molecule has 1 heterocycles. The highest BCUT2D eigenvalue weighted by Crippen LogP contribution is 2.33. The lowest BCUT2D eigenvalue weighted by Crippen LogP contribution is -2.60. The first-order valence-corrected chi connectivity index (χ1v) is 12.0. The molecule has 1 unspecified atom stereocenters. The summed E-state index contributed by atoms with van der Waals surface area (Å²) in [5, 5.41) is 5.91. The van der Waals surface area contributed by atoms with E-state index in [1.807, 2.05) is 45.0 Å². The van der Waals surface area contributed by atoms with Crippen LogP contribution in [0.5, 0.6) is 0 Å². The second kappa shape index (κ2) is 9.65. The van der Waals surface area contributed by atoms with Gasteiger partial charge in [0.05, 0.1) is 11.4 Å². The third kappa shape index (κ3) is 5.45. The summed E-state index contributed by atoms with van der Waals surface area (Å²) in [4.78, 5) is 45.8. The van der Waals surface area contributed by atoms with Crippen molar-refractivity contribution < 1.29 is 14.4 Å². The Balaban J connectivity index is 1.89. The van der Waals surface area contributed by atoms with Crippen molar-refractivity contribution in [3.05, 3.63) is 29.8 Å². The highest BCUT2D eigenvalue weighted by Gasteiger charge is 2.44. The second-order valence-electron chi connectivity index (χ2n) is 10.8. The number of para-hydroxylation sites is 1. The van der Waals surface area contributed by atoms with Crippen LogP contribution in [0.2, 0.25) is 0 Å². The molecule has 1 aliphatic carbocycles. The summed E-state index contributed by atoms with van der Waals surface area (Å²) in [6.45, 7) is 10.3. The van der Waals surface area contributed by atoms with Crippen molar-refractivity contribution in [3.8, 4) is 0 Å². The molecule has 1 saturated carbocycles. The average Bonchev–Trinajstić information content (AvgIpc) is 3.19. The topological polar surface area (TPSA) is 90.9 Å². The van der Waals surface area contributed by atoms with Crippen LogP contribution in [0, 0.1) is 11.3 Å². The Kier molecular flexibility index (Phi) is 7.29. The quantitative estimate of drug-likeness (QED) is 0.685. The molecule has 0 aromatic heterocycles. The number of nitrogens with zero attached hydrogens (tertiary/aromatic N) is 2. The van der Waals surface area contributed by atoms with Crippen molar-refractivity contribution in [2.24, 2.45) is 16.3 Å². The van der Waals surface area contributed by atoms with Crippen LogP contribution in [-0.4, -0.2) is 42.2 Å². The molecule has 180 valence electrons. The first-order chi connectivity index (χ1) is 15.4. The predicted octanol–water partition coefficient (Wildman–Crippen LogP) is 3.81. The SMILES string of the molecule is CC(C)CCC(=O)NC1(C(=O)NC2N=C(C(C)(C)C)c3ccccc3N(C)C2=O)CCCC1. The molecule has 1 atom stereocenters. The maximum atomic E-state index is 13.5. The number of benzene rings is 1. The normalized spacial score (nSPS) is 20.2. The second-order valence-corrected chi connectivity index (χ2v) is 10.8. The van der Waals surface area contributed by atoms with Gasteiger partial charge in [-0.3, -0.25) is 19.4 Å². The standard InChI is InChI=1S/C26H38N4O3/c1-17(2)13-14-20(31)29-26(15-9-10-16-26)24(33)28-22-23(32)30(6)19-12-8-7-11-18(19)21(27-22)25(3,4)5/h7-8,11-12,17,22H,9-10,13-16H2,1-6H3,(H,28,33)(H,29,31). The van der Waals surface area contributed by atoms with E-state index in [2.05, 4.69) is 24.5 Å². The Labute approximate surface area is 197 Å². The number of amides is 3. The van der Waals surface area contributed by atoms with E-state index in [9.17, 15) is 14.4 Å². The van der Waals surface area contributed by atoms with Crippen LogP contribution in [0.1, 0.15) is 78.7 Å². The smallest absolute Gasteiger partial charge is 0.272 e. The molecular weight excluding hydrogens is 416 g/mol. The van der Waals surface area contributed by atoms with E-state index in [0.29, 0.717) is 25.2 Å². The molecule has 1 aromatic carbocycles. The highest BCUT2D eigenvalue weighted by atomic mass is 16.2. The summed E-state index contributed by atoms with van der Waals surface area (Å²) < 4.78 is 0. The lowest BCUT2D eigenvalue weighted by atomic mass is 9.85. The van der Waals surface area contributed by atoms with Gasteiger partial charge in [0.1, 0.15) is 5.54 Å². The Bertz CT molecular complexity index is 939. The number of anilines is 1. The fourth-order valence-electron chi connectivity index (χ4n) is 4.61. The third-order valence-electron chi connectivity index (χ3n) is 6.54. The number of carbonyl (C=O) groups is 3. The molecular formula is C26H38N4O3. The molecule has 1 fully saturated rings. The lowest BCUT2D eigenvalue weighted by molar-refractivity contribution is -0.135. The maximum Gasteiger partial charge on any atom is 0.272 e. The van der Waals surface area contributed by atoms with Crippen molar-refractivity contribution in [2.75, 3.05) is 11.9 Å². The van der Waals surface area contributed by atoms with Gasteiger partial charge in [-0.15, -0.1) is 0 Å². The minimum Gasteiger partial charge on any atom is -0.342 e. The molecule has 0 radical (unpaired) electrons. The third-order valence-corrected chi connectivity index (χ3v) is 6.54. The number of nitrogens with one attached hydrogen (secondary N) is 2. The van der Waals surface area contributed by atoms with Crippen LogP contribution >= 0.6 is 0 Å². The van der Waals surface area contributed by atoms with Gasteiger partial charge in [-0.05, 0) is 31.2 Å². The molecule has 33 heavy (non-hydrogen) atoms.